The lowest BCUT2D eigenvalue weighted by atomic mass is 10.0. The highest BCUT2D eigenvalue weighted by Gasteiger charge is 2.17. The van der Waals surface area contributed by atoms with Crippen LogP contribution in [0.15, 0.2) is 59.7 Å². The van der Waals surface area contributed by atoms with Gasteiger partial charge in [0.15, 0.2) is 5.75 Å². The van der Waals surface area contributed by atoms with E-state index in [9.17, 15) is 13.2 Å². The normalized spacial score (nSPS) is 11.5. The Hall–Kier alpha value is -3.50. The molecule has 0 aliphatic heterocycles. The molecule has 10 heteroatoms. The molecule has 0 fully saturated rings. The summed E-state index contributed by atoms with van der Waals surface area (Å²) in [5.41, 5.74) is 3.76. The maximum Gasteiger partial charge on any atom is 0.274 e. The third-order valence-corrected chi connectivity index (χ3v) is 6.17. The fourth-order valence-electron chi connectivity index (χ4n) is 3.59. The van der Waals surface area contributed by atoms with Crippen LogP contribution >= 0.6 is 11.7 Å². The number of hydrogen-bond donors (Lipinski definition) is 2. The summed E-state index contributed by atoms with van der Waals surface area (Å²) in [6, 6.07) is 12.6. The maximum atomic E-state index is 12.5. The number of ether oxygens (including phenoxy) is 1. The average Bonchev–Trinajstić information content (AvgIpc) is 3.42. The van der Waals surface area contributed by atoms with E-state index in [2.05, 4.69) is 13.7 Å². The van der Waals surface area contributed by atoms with Crippen LogP contribution in [0.3, 0.4) is 0 Å². The van der Waals surface area contributed by atoms with Crippen molar-refractivity contribution >= 4 is 44.4 Å². The number of nitrogens with one attached hydrogen (secondary N) is 1. The standard InChI is InChI=1S/C21H16N4O4S2/c1-25-10-15(13-7-8-22-19(13)21(25)26)14-9-12(11-31(27)28)5-6-17(14)29-18-4-2-3-16-20(18)24-30-23-16/h2-10,22,31H,11H2,1H3. The molecule has 5 rings (SSSR count). The molecule has 0 aliphatic carbocycles. The number of aromatic nitrogens is 4. The van der Waals surface area contributed by atoms with Gasteiger partial charge in [-0.2, -0.15) is 8.75 Å². The number of rotatable bonds is 5. The zero-order valence-corrected chi connectivity index (χ0v) is 17.9. The Balaban J connectivity index is 1.73. The molecule has 1 N–H and O–H groups in total. The van der Waals surface area contributed by atoms with Crippen LogP contribution in [-0.4, -0.2) is 26.7 Å². The van der Waals surface area contributed by atoms with Gasteiger partial charge in [0, 0.05) is 36.0 Å². The number of H-pyrrole nitrogens is 1. The Kier molecular flexibility index (Phi) is 4.79. The molecule has 0 bridgehead atoms. The number of aromatic amines is 1. The minimum atomic E-state index is -2.59. The molecule has 156 valence electrons. The van der Waals surface area contributed by atoms with Gasteiger partial charge in [0.05, 0.1) is 17.5 Å². The lowest BCUT2D eigenvalue weighted by Gasteiger charge is -2.15. The topological polar surface area (TPSA) is 107 Å². The molecular formula is C21H16N4O4S2. The number of aryl methyl sites for hydroxylation is 1. The van der Waals surface area contributed by atoms with Crippen molar-refractivity contribution in [2.75, 3.05) is 0 Å². The van der Waals surface area contributed by atoms with E-state index in [4.69, 9.17) is 4.74 Å². The molecule has 0 atom stereocenters. The summed E-state index contributed by atoms with van der Waals surface area (Å²) < 4.78 is 38.9. The summed E-state index contributed by atoms with van der Waals surface area (Å²) in [6.07, 6.45) is 3.43. The molecule has 0 radical (unpaired) electrons. The summed E-state index contributed by atoms with van der Waals surface area (Å²) in [5.74, 6) is 0.979. The van der Waals surface area contributed by atoms with Crippen molar-refractivity contribution in [3.05, 3.63) is 70.8 Å². The second-order valence-electron chi connectivity index (χ2n) is 7.04. The van der Waals surface area contributed by atoms with Crippen LogP contribution in [0.2, 0.25) is 0 Å². The number of benzene rings is 2. The molecule has 3 heterocycles. The number of pyridine rings is 1. The predicted octanol–water partition coefficient (Wildman–Crippen LogP) is 3.44. The molecule has 0 amide bonds. The van der Waals surface area contributed by atoms with Gasteiger partial charge < -0.3 is 14.3 Å². The van der Waals surface area contributed by atoms with Gasteiger partial charge in [0.1, 0.15) is 33.0 Å². The molecule has 2 aromatic carbocycles. The molecule has 0 aliphatic rings. The van der Waals surface area contributed by atoms with Crippen LogP contribution in [0.1, 0.15) is 5.56 Å². The second kappa shape index (κ2) is 7.64. The van der Waals surface area contributed by atoms with Crippen LogP contribution in [0, 0.1) is 0 Å². The minimum absolute atomic E-state index is 0.0871. The zero-order chi connectivity index (χ0) is 21.5. The third-order valence-electron chi connectivity index (χ3n) is 5.01. The van der Waals surface area contributed by atoms with Crippen molar-refractivity contribution in [1.82, 2.24) is 18.3 Å². The summed E-state index contributed by atoms with van der Waals surface area (Å²) >= 11 is 1.10. The minimum Gasteiger partial charge on any atom is -0.454 e. The van der Waals surface area contributed by atoms with Gasteiger partial charge in [0.2, 0.25) is 0 Å². The van der Waals surface area contributed by atoms with Crippen LogP contribution in [-0.2, 0) is 23.5 Å². The SMILES string of the molecule is Cn1cc(-c2cc(C[SH](=O)=O)ccc2Oc2cccc3nsnc23)c2cc[nH]c2c1=O. The van der Waals surface area contributed by atoms with Gasteiger partial charge in [-0.1, -0.05) is 12.1 Å². The highest BCUT2D eigenvalue weighted by Crippen LogP contribution is 2.38. The van der Waals surface area contributed by atoms with Gasteiger partial charge >= 0.3 is 0 Å². The zero-order valence-electron chi connectivity index (χ0n) is 16.2. The maximum absolute atomic E-state index is 12.5. The second-order valence-corrected chi connectivity index (χ2v) is 8.55. The Labute approximate surface area is 182 Å². The Morgan fingerprint density at radius 1 is 1.10 bits per heavy atom. The predicted molar refractivity (Wildman–Crippen MR) is 120 cm³/mol. The fourth-order valence-corrected chi connectivity index (χ4v) is 4.63. The van der Waals surface area contributed by atoms with E-state index in [1.807, 2.05) is 24.3 Å². The van der Waals surface area contributed by atoms with Gasteiger partial charge in [-0.15, -0.1) is 0 Å². The van der Waals surface area contributed by atoms with E-state index in [0.29, 0.717) is 33.7 Å². The summed E-state index contributed by atoms with van der Waals surface area (Å²) in [4.78, 5) is 15.5. The van der Waals surface area contributed by atoms with Gasteiger partial charge in [0.25, 0.3) is 5.56 Å². The van der Waals surface area contributed by atoms with Crippen LogP contribution < -0.4 is 10.3 Å². The van der Waals surface area contributed by atoms with E-state index in [1.54, 1.807) is 37.6 Å². The molecule has 0 saturated carbocycles. The first-order valence-corrected chi connectivity index (χ1v) is 11.4. The van der Waals surface area contributed by atoms with E-state index in [0.717, 1.165) is 28.2 Å². The van der Waals surface area contributed by atoms with Crippen molar-refractivity contribution in [1.29, 1.82) is 0 Å². The first-order chi connectivity index (χ1) is 15.0. The van der Waals surface area contributed by atoms with Gasteiger partial charge in [-0.05, 0) is 35.9 Å². The number of fused-ring (bicyclic) bond motifs is 2. The molecule has 3 aromatic heterocycles. The number of hydrogen-bond acceptors (Lipinski definition) is 7. The van der Waals surface area contributed by atoms with Crippen LogP contribution in [0.4, 0.5) is 0 Å². The summed E-state index contributed by atoms with van der Waals surface area (Å²) in [6.45, 7) is 0. The first-order valence-electron chi connectivity index (χ1n) is 9.32. The quantitative estimate of drug-likeness (QED) is 0.396. The monoisotopic (exact) mass is 452 g/mol. The van der Waals surface area contributed by atoms with Gasteiger partial charge in [-0.3, -0.25) is 4.79 Å². The molecule has 0 saturated heterocycles. The summed E-state index contributed by atoms with van der Waals surface area (Å²) in [7, 11) is -0.915. The number of nitrogens with zero attached hydrogens (tertiary/aromatic N) is 3. The fraction of sp³-hybridized carbons (Fsp3) is 0.0952. The molecule has 31 heavy (non-hydrogen) atoms. The van der Waals surface area contributed by atoms with E-state index in [-0.39, 0.29) is 11.3 Å². The molecular weight excluding hydrogens is 436 g/mol. The highest BCUT2D eigenvalue weighted by molar-refractivity contribution is 7.71. The first kappa shape index (κ1) is 19.5. The molecule has 5 aromatic rings. The largest absolute Gasteiger partial charge is 0.454 e. The van der Waals surface area contributed by atoms with Crippen LogP contribution in [0.25, 0.3) is 33.1 Å². The van der Waals surface area contributed by atoms with Crippen molar-refractivity contribution in [3.8, 4) is 22.6 Å². The summed E-state index contributed by atoms with van der Waals surface area (Å²) in [5, 5.41) is 0.727. The van der Waals surface area contributed by atoms with Crippen molar-refractivity contribution in [2.24, 2.45) is 7.05 Å². The molecule has 8 nitrogen and oxygen atoms in total. The third kappa shape index (κ3) is 3.49. The Bertz CT molecular complexity index is 1570. The van der Waals surface area contributed by atoms with Gasteiger partial charge in [-0.25, -0.2) is 8.42 Å². The smallest absolute Gasteiger partial charge is 0.274 e. The Morgan fingerprint density at radius 2 is 1.97 bits per heavy atom. The highest BCUT2D eigenvalue weighted by atomic mass is 32.2. The van der Waals surface area contributed by atoms with E-state index in [1.165, 1.54) is 4.57 Å². The average molecular weight is 453 g/mol. The van der Waals surface area contributed by atoms with E-state index >= 15 is 0 Å². The lowest BCUT2D eigenvalue weighted by molar-refractivity contribution is 0.489. The number of thiol groups is 1. The van der Waals surface area contributed by atoms with Crippen molar-refractivity contribution < 1.29 is 13.2 Å². The van der Waals surface area contributed by atoms with Crippen molar-refractivity contribution in [3.63, 3.8) is 0 Å². The molecule has 0 spiro atoms. The van der Waals surface area contributed by atoms with Crippen molar-refractivity contribution in [2.45, 2.75) is 5.75 Å². The van der Waals surface area contributed by atoms with E-state index < -0.39 is 10.7 Å². The Morgan fingerprint density at radius 3 is 2.81 bits per heavy atom. The van der Waals surface area contributed by atoms with Crippen LogP contribution in [0.5, 0.6) is 11.5 Å². The lowest BCUT2D eigenvalue weighted by Crippen LogP contribution is -2.16. The molecule has 0 unspecified atom stereocenters.